The van der Waals surface area contributed by atoms with Crippen LogP contribution in [-0.4, -0.2) is 42.2 Å². The zero-order valence-corrected chi connectivity index (χ0v) is 20.6. The number of carbonyl (C=O) groups is 2. The standard InChI is InChI=1S/C30H22O10/c31-15-5-1-13(2-6-15)22-12-21(37)24-19(35)11-20(36)26(30(24)39-22)27-28(38)25-18(34)9-17(33)10-23(25)40-29(27)14-3-7-16(32)8-4-14/h1-11,22,27,29,31-36H,12H2/t22-,27+,29+/m0/s1. The van der Waals surface area contributed by atoms with Crippen molar-refractivity contribution in [2.45, 2.75) is 24.5 Å². The smallest absolute Gasteiger partial charge is 0.182 e. The van der Waals surface area contributed by atoms with Gasteiger partial charge in [0.15, 0.2) is 11.6 Å². The number of fused-ring (bicyclic) bond motifs is 2. The molecule has 0 saturated carbocycles. The van der Waals surface area contributed by atoms with Gasteiger partial charge in [0.25, 0.3) is 0 Å². The largest absolute Gasteiger partial charge is 0.508 e. The van der Waals surface area contributed by atoms with Crippen LogP contribution in [0.3, 0.4) is 0 Å². The van der Waals surface area contributed by atoms with E-state index >= 15 is 0 Å². The Morgan fingerprint density at radius 1 is 0.625 bits per heavy atom. The van der Waals surface area contributed by atoms with Gasteiger partial charge in [0.2, 0.25) is 0 Å². The van der Waals surface area contributed by atoms with Crippen LogP contribution in [0.4, 0.5) is 0 Å². The Labute approximate surface area is 226 Å². The second kappa shape index (κ2) is 9.12. The fourth-order valence-electron chi connectivity index (χ4n) is 5.30. The zero-order valence-electron chi connectivity index (χ0n) is 20.6. The summed E-state index contributed by atoms with van der Waals surface area (Å²) in [6, 6.07) is 14.8. The third-order valence-corrected chi connectivity index (χ3v) is 7.14. The number of phenols is 6. The van der Waals surface area contributed by atoms with E-state index in [9.17, 15) is 40.2 Å². The second-order valence-corrected chi connectivity index (χ2v) is 9.67. The van der Waals surface area contributed by atoms with E-state index in [2.05, 4.69) is 0 Å². The molecule has 6 N–H and O–H groups in total. The van der Waals surface area contributed by atoms with E-state index in [0.29, 0.717) is 11.1 Å². The van der Waals surface area contributed by atoms with Crippen LogP contribution in [0.25, 0.3) is 0 Å². The summed E-state index contributed by atoms with van der Waals surface area (Å²) >= 11 is 0. The monoisotopic (exact) mass is 542 g/mol. The van der Waals surface area contributed by atoms with Crippen LogP contribution >= 0.6 is 0 Å². The van der Waals surface area contributed by atoms with Crippen molar-refractivity contribution < 1.29 is 49.7 Å². The normalized spacial score (nSPS) is 19.8. The molecule has 2 heterocycles. The van der Waals surface area contributed by atoms with E-state index in [0.717, 1.165) is 12.1 Å². The molecule has 4 aromatic rings. The predicted molar refractivity (Wildman–Crippen MR) is 139 cm³/mol. The summed E-state index contributed by atoms with van der Waals surface area (Å²) in [7, 11) is 0. The number of ether oxygens (including phenoxy) is 2. The molecule has 0 aromatic heterocycles. The van der Waals surface area contributed by atoms with Gasteiger partial charge in [-0.25, -0.2) is 0 Å². The second-order valence-electron chi connectivity index (χ2n) is 9.67. The molecule has 3 atom stereocenters. The van der Waals surface area contributed by atoms with Crippen LogP contribution in [0.1, 0.15) is 62.0 Å². The van der Waals surface area contributed by atoms with Crippen molar-refractivity contribution in [3.8, 4) is 46.0 Å². The summed E-state index contributed by atoms with van der Waals surface area (Å²) in [5.74, 6) is -4.97. The lowest BCUT2D eigenvalue weighted by Crippen LogP contribution is -2.32. The van der Waals surface area contributed by atoms with Gasteiger partial charge in [0.05, 0.1) is 17.9 Å². The van der Waals surface area contributed by atoms with Gasteiger partial charge in [-0.2, -0.15) is 0 Å². The van der Waals surface area contributed by atoms with Gasteiger partial charge >= 0.3 is 0 Å². The Kier molecular flexibility index (Phi) is 5.69. The van der Waals surface area contributed by atoms with E-state index in [1.807, 2.05) is 0 Å². The molecule has 40 heavy (non-hydrogen) atoms. The summed E-state index contributed by atoms with van der Waals surface area (Å²) in [5.41, 5.74) is 0.302. The Balaban J connectivity index is 1.57. The van der Waals surface area contributed by atoms with E-state index in [1.165, 1.54) is 42.5 Å². The third kappa shape index (κ3) is 3.97. The van der Waals surface area contributed by atoms with E-state index in [4.69, 9.17) is 9.47 Å². The number of ketones is 2. The van der Waals surface area contributed by atoms with E-state index in [1.54, 1.807) is 12.1 Å². The number of rotatable bonds is 3. The van der Waals surface area contributed by atoms with Gasteiger partial charge in [-0.15, -0.1) is 0 Å². The Bertz CT molecular complexity index is 1670. The number of hydrogen-bond acceptors (Lipinski definition) is 10. The van der Waals surface area contributed by atoms with Crippen LogP contribution in [0.2, 0.25) is 0 Å². The highest BCUT2D eigenvalue weighted by Crippen LogP contribution is 2.55. The molecular weight excluding hydrogens is 520 g/mol. The van der Waals surface area contributed by atoms with Crippen molar-refractivity contribution in [2.24, 2.45) is 0 Å². The SMILES string of the molecule is O=C1C[C@@H](c2ccc(O)cc2)Oc2c1c(O)cc(O)c2[C@@H]1C(=O)c2c(O)cc(O)cc2O[C@@H]1c1ccc(O)cc1. The first-order chi connectivity index (χ1) is 19.1. The Morgan fingerprint density at radius 3 is 1.88 bits per heavy atom. The quantitative estimate of drug-likeness (QED) is 0.212. The number of aromatic hydroxyl groups is 6. The van der Waals surface area contributed by atoms with Crippen LogP contribution in [0, 0.1) is 0 Å². The molecule has 0 unspecified atom stereocenters. The highest BCUT2D eigenvalue weighted by molar-refractivity contribution is 6.09. The molecule has 6 rings (SSSR count). The summed E-state index contributed by atoms with van der Waals surface area (Å²) in [6.07, 6.45) is -2.20. The summed E-state index contributed by atoms with van der Waals surface area (Å²) < 4.78 is 12.3. The van der Waals surface area contributed by atoms with Crippen molar-refractivity contribution in [1.29, 1.82) is 0 Å². The minimum Gasteiger partial charge on any atom is -0.508 e. The lowest BCUT2D eigenvalue weighted by atomic mass is 9.78. The van der Waals surface area contributed by atoms with E-state index < -0.39 is 46.9 Å². The van der Waals surface area contributed by atoms with Gasteiger partial charge in [-0.3, -0.25) is 9.59 Å². The molecule has 0 spiro atoms. The molecular formula is C30H22O10. The molecule has 0 amide bonds. The number of hydrogen-bond donors (Lipinski definition) is 6. The molecule has 0 fully saturated rings. The van der Waals surface area contributed by atoms with Gasteiger partial charge in [-0.05, 0) is 35.4 Å². The van der Waals surface area contributed by atoms with Gasteiger partial charge in [-0.1, -0.05) is 24.3 Å². The zero-order chi connectivity index (χ0) is 28.3. The maximum atomic E-state index is 14.1. The highest BCUT2D eigenvalue weighted by Gasteiger charge is 2.46. The Morgan fingerprint density at radius 2 is 1.23 bits per heavy atom. The van der Waals surface area contributed by atoms with Crippen molar-refractivity contribution >= 4 is 11.6 Å². The minimum absolute atomic E-state index is 0.00784. The van der Waals surface area contributed by atoms with Crippen molar-refractivity contribution in [3.05, 3.63) is 94.5 Å². The summed E-state index contributed by atoms with van der Waals surface area (Å²) in [5, 5.41) is 61.9. The van der Waals surface area contributed by atoms with Gasteiger partial charge in [0, 0.05) is 18.2 Å². The number of phenolic OH excluding ortho intramolecular Hbond substituents is 6. The van der Waals surface area contributed by atoms with E-state index in [-0.39, 0.29) is 51.9 Å². The van der Waals surface area contributed by atoms with Crippen LogP contribution in [0.15, 0.2) is 66.7 Å². The van der Waals surface area contributed by atoms with Crippen LogP contribution < -0.4 is 9.47 Å². The number of benzene rings is 4. The summed E-state index contributed by atoms with van der Waals surface area (Å²) in [6.45, 7) is 0. The number of Topliss-reactive ketones (excluding diaryl/α,β-unsaturated/α-hetero) is 2. The third-order valence-electron chi connectivity index (χ3n) is 7.14. The van der Waals surface area contributed by atoms with Crippen LogP contribution in [0.5, 0.6) is 46.0 Å². The topological polar surface area (TPSA) is 174 Å². The summed E-state index contributed by atoms with van der Waals surface area (Å²) in [4.78, 5) is 27.4. The molecule has 0 saturated heterocycles. The van der Waals surface area contributed by atoms with Crippen molar-refractivity contribution in [2.75, 3.05) is 0 Å². The molecule has 10 heteroatoms. The maximum Gasteiger partial charge on any atom is 0.182 e. The first kappa shape index (κ1) is 24.9. The molecule has 0 radical (unpaired) electrons. The fourth-order valence-corrected chi connectivity index (χ4v) is 5.30. The minimum atomic E-state index is -1.40. The number of carbonyl (C=O) groups excluding carboxylic acids is 2. The lowest BCUT2D eigenvalue weighted by Gasteiger charge is -2.36. The predicted octanol–water partition coefficient (Wildman–Crippen LogP) is 4.73. The average Bonchev–Trinajstić information content (AvgIpc) is 2.89. The van der Waals surface area contributed by atoms with Crippen molar-refractivity contribution in [1.82, 2.24) is 0 Å². The van der Waals surface area contributed by atoms with Crippen LogP contribution in [-0.2, 0) is 0 Å². The van der Waals surface area contributed by atoms with Gasteiger partial charge in [0.1, 0.15) is 69.3 Å². The molecule has 202 valence electrons. The van der Waals surface area contributed by atoms with Gasteiger partial charge < -0.3 is 40.1 Å². The first-order valence-corrected chi connectivity index (χ1v) is 12.3. The highest BCUT2D eigenvalue weighted by atomic mass is 16.5. The molecule has 4 aromatic carbocycles. The molecule has 2 aliphatic rings. The maximum absolute atomic E-state index is 14.1. The lowest BCUT2D eigenvalue weighted by molar-refractivity contribution is 0.0739. The molecule has 10 nitrogen and oxygen atoms in total. The Hall–Kier alpha value is -5.38. The molecule has 0 aliphatic carbocycles. The molecule has 2 aliphatic heterocycles. The average molecular weight is 542 g/mol. The first-order valence-electron chi connectivity index (χ1n) is 12.3. The fraction of sp³-hybridized carbons (Fsp3) is 0.133. The van der Waals surface area contributed by atoms with Crippen molar-refractivity contribution in [3.63, 3.8) is 0 Å². The molecule has 0 bridgehead atoms.